The molecule has 0 aliphatic heterocycles. The number of fused-ring (bicyclic) bond motifs is 2. The molecule has 2 rings (SSSR count). The Hall–Kier alpha value is -0.570. The molecule has 2 aliphatic carbocycles. The van der Waals surface area contributed by atoms with Gasteiger partial charge in [0.2, 0.25) is 0 Å². The van der Waals surface area contributed by atoms with Gasteiger partial charge in [0, 0.05) is 0 Å². The monoisotopic (exact) mass is 198 g/mol. The van der Waals surface area contributed by atoms with Crippen LogP contribution in [0.2, 0.25) is 0 Å². The Bertz CT molecular complexity index is 251. The Balaban J connectivity index is 2.13. The SMILES string of the molecule is COC(=O)C(C)C1(O)CC2CCC1C2. The summed E-state index contributed by atoms with van der Waals surface area (Å²) in [4.78, 5) is 11.4. The number of aliphatic hydroxyl groups is 1. The number of ether oxygens (including phenoxy) is 1. The van der Waals surface area contributed by atoms with E-state index in [1.165, 1.54) is 13.5 Å². The van der Waals surface area contributed by atoms with E-state index in [0.29, 0.717) is 11.8 Å². The zero-order valence-electron chi connectivity index (χ0n) is 8.82. The summed E-state index contributed by atoms with van der Waals surface area (Å²) in [5, 5.41) is 10.5. The molecule has 14 heavy (non-hydrogen) atoms. The van der Waals surface area contributed by atoms with Gasteiger partial charge in [0.05, 0.1) is 18.6 Å². The lowest BCUT2D eigenvalue weighted by Gasteiger charge is -2.36. The molecule has 2 bridgehead atoms. The third-order valence-corrected chi connectivity index (χ3v) is 4.17. The summed E-state index contributed by atoms with van der Waals surface area (Å²) in [6, 6.07) is 0. The summed E-state index contributed by atoms with van der Waals surface area (Å²) in [7, 11) is 1.38. The standard InChI is InChI=1S/C11H18O3/c1-7(10(12)14-2)11(13)6-8-3-4-9(11)5-8/h7-9,13H,3-6H2,1-2H3. The fourth-order valence-corrected chi connectivity index (χ4v) is 3.25. The largest absolute Gasteiger partial charge is 0.469 e. The van der Waals surface area contributed by atoms with Gasteiger partial charge in [-0.05, 0) is 44.4 Å². The molecule has 4 unspecified atom stereocenters. The first kappa shape index (κ1) is 9.97. The first-order chi connectivity index (χ1) is 6.58. The van der Waals surface area contributed by atoms with Crippen LogP contribution in [0.15, 0.2) is 0 Å². The molecule has 0 spiro atoms. The maximum absolute atomic E-state index is 11.4. The van der Waals surface area contributed by atoms with E-state index in [2.05, 4.69) is 0 Å². The molecular formula is C11H18O3. The highest BCUT2D eigenvalue weighted by molar-refractivity contribution is 5.73. The Morgan fingerprint density at radius 3 is 2.71 bits per heavy atom. The van der Waals surface area contributed by atoms with Gasteiger partial charge in [0.25, 0.3) is 0 Å². The molecule has 3 heteroatoms. The smallest absolute Gasteiger partial charge is 0.311 e. The maximum atomic E-state index is 11.4. The van der Waals surface area contributed by atoms with Crippen molar-refractivity contribution in [1.82, 2.24) is 0 Å². The van der Waals surface area contributed by atoms with Crippen LogP contribution in [0.4, 0.5) is 0 Å². The molecule has 0 aromatic carbocycles. The molecule has 0 aromatic rings. The predicted molar refractivity (Wildman–Crippen MR) is 51.6 cm³/mol. The molecule has 4 atom stereocenters. The van der Waals surface area contributed by atoms with Gasteiger partial charge in [-0.1, -0.05) is 0 Å². The number of esters is 1. The van der Waals surface area contributed by atoms with Gasteiger partial charge in [-0.15, -0.1) is 0 Å². The molecular weight excluding hydrogens is 180 g/mol. The van der Waals surface area contributed by atoms with E-state index in [-0.39, 0.29) is 11.9 Å². The highest BCUT2D eigenvalue weighted by Gasteiger charge is 2.54. The molecule has 2 aliphatic rings. The van der Waals surface area contributed by atoms with Crippen molar-refractivity contribution in [3.05, 3.63) is 0 Å². The van der Waals surface area contributed by atoms with Gasteiger partial charge < -0.3 is 9.84 Å². The zero-order valence-corrected chi connectivity index (χ0v) is 8.82. The fourth-order valence-electron chi connectivity index (χ4n) is 3.25. The van der Waals surface area contributed by atoms with Crippen molar-refractivity contribution in [2.45, 2.75) is 38.2 Å². The molecule has 0 aromatic heterocycles. The minimum absolute atomic E-state index is 0.278. The second kappa shape index (κ2) is 3.23. The molecule has 0 heterocycles. The number of methoxy groups -OCH3 is 1. The number of hydrogen-bond donors (Lipinski definition) is 1. The van der Waals surface area contributed by atoms with Crippen LogP contribution in [-0.2, 0) is 9.53 Å². The number of carbonyl (C=O) groups is 1. The second-order valence-electron chi connectivity index (χ2n) is 4.82. The van der Waals surface area contributed by atoms with Crippen LogP contribution in [0.25, 0.3) is 0 Å². The number of hydrogen-bond acceptors (Lipinski definition) is 3. The van der Waals surface area contributed by atoms with Crippen molar-refractivity contribution in [1.29, 1.82) is 0 Å². The Kier molecular flexibility index (Phi) is 2.30. The van der Waals surface area contributed by atoms with Crippen molar-refractivity contribution >= 4 is 5.97 Å². The Labute approximate surface area is 84.4 Å². The van der Waals surface area contributed by atoms with Crippen molar-refractivity contribution in [2.75, 3.05) is 7.11 Å². The van der Waals surface area contributed by atoms with Crippen LogP contribution in [-0.4, -0.2) is 23.8 Å². The molecule has 0 radical (unpaired) electrons. The summed E-state index contributed by atoms with van der Waals surface area (Å²) in [6.45, 7) is 1.78. The van der Waals surface area contributed by atoms with Crippen LogP contribution in [0.5, 0.6) is 0 Å². The second-order valence-corrected chi connectivity index (χ2v) is 4.82. The van der Waals surface area contributed by atoms with Crippen LogP contribution < -0.4 is 0 Å². The van der Waals surface area contributed by atoms with Gasteiger partial charge in [0.15, 0.2) is 0 Å². The van der Waals surface area contributed by atoms with E-state index < -0.39 is 5.60 Å². The van der Waals surface area contributed by atoms with Gasteiger partial charge in [-0.25, -0.2) is 0 Å². The van der Waals surface area contributed by atoms with E-state index in [1.807, 2.05) is 0 Å². The molecule has 1 N–H and O–H groups in total. The quantitative estimate of drug-likeness (QED) is 0.681. The van der Waals surface area contributed by atoms with Crippen molar-refractivity contribution < 1.29 is 14.6 Å². The fraction of sp³-hybridized carbons (Fsp3) is 0.909. The highest BCUT2D eigenvalue weighted by Crippen LogP contribution is 2.53. The van der Waals surface area contributed by atoms with Crippen LogP contribution in [0.3, 0.4) is 0 Å². The third kappa shape index (κ3) is 1.26. The van der Waals surface area contributed by atoms with E-state index in [0.717, 1.165) is 19.3 Å². The van der Waals surface area contributed by atoms with Crippen LogP contribution in [0.1, 0.15) is 32.6 Å². The topological polar surface area (TPSA) is 46.5 Å². The molecule has 80 valence electrons. The molecule has 0 saturated heterocycles. The van der Waals surface area contributed by atoms with E-state index >= 15 is 0 Å². The lowest BCUT2D eigenvalue weighted by atomic mass is 9.75. The molecule has 2 saturated carbocycles. The highest BCUT2D eigenvalue weighted by atomic mass is 16.5. The average Bonchev–Trinajstić information content (AvgIpc) is 2.75. The van der Waals surface area contributed by atoms with Gasteiger partial charge >= 0.3 is 5.97 Å². The average molecular weight is 198 g/mol. The van der Waals surface area contributed by atoms with Crippen LogP contribution in [0, 0.1) is 17.8 Å². The first-order valence-corrected chi connectivity index (χ1v) is 5.38. The Morgan fingerprint density at radius 1 is 1.57 bits per heavy atom. The zero-order chi connectivity index (χ0) is 10.3. The summed E-state index contributed by atoms with van der Waals surface area (Å²) < 4.78 is 4.70. The van der Waals surface area contributed by atoms with E-state index in [4.69, 9.17) is 4.74 Å². The normalized spacial score (nSPS) is 42.5. The van der Waals surface area contributed by atoms with Gasteiger partial charge in [-0.3, -0.25) is 4.79 Å². The number of rotatable bonds is 2. The predicted octanol–water partition coefficient (Wildman–Crippen LogP) is 1.35. The van der Waals surface area contributed by atoms with Gasteiger partial charge in [-0.2, -0.15) is 0 Å². The molecule has 2 fully saturated rings. The summed E-state index contributed by atoms with van der Waals surface area (Å²) >= 11 is 0. The summed E-state index contributed by atoms with van der Waals surface area (Å²) in [5.41, 5.74) is -0.782. The molecule has 3 nitrogen and oxygen atoms in total. The lowest BCUT2D eigenvalue weighted by molar-refractivity contribution is -0.158. The van der Waals surface area contributed by atoms with Crippen molar-refractivity contribution in [3.8, 4) is 0 Å². The van der Waals surface area contributed by atoms with Crippen molar-refractivity contribution in [2.24, 2.45) is 17.8 Å². The number of carbonyl (C=O) groups excluding carboxylic acids is 1. The first-order valence-electron chi connectivity index (χ1n) is 5.38. The van der Waals surface area contributed by atoms with Crippen molar-refractivity contribution in [3.63, 3.8) is 0 Å². The lowest BCUT2D eigenvalue weighted by Crippen LogP contribution is -2.45. The maximum Gasteiger partial charge on any atom is 0.311 e. The van der Waals surface area contributed by atoms with E-state index in [9.17, 15) is 9.90 Å². The van der Waals surface area contributed by atoms with E-state index in [1.54, 1.807) is 6.92 Å². The van der Waals surface area contributed by atoms with Crippen LogP contribution >= 0.6 is 0 Å². The Morgan fingerprint density at radius 2 is 2.29 bits per heavy atom. The van der Waals surface area contributed by atoms with Gasteiger partial charge in [0.1, 0.15) is 0 Å². The summed E-state index contributed by atoms with van der Waals surface area (Å²) in [5.74, 6) is 0.307. The molecule has 0 amide bonds. The summed E-state index contributed by atoms with van der Waals surface area (Å²) in [6.07, 6.45) is 4.18. The third-order valence-electron chi connectivity index (χ3n) is 4.17. The minimum Gasteiger partial charge on any atom is -0.469 e. The minimum atomic E-state index is -0.782.